The molecule has 2 atom stereocenters. The number of amides is 1. The number of pyridine rings is 1. The van der Waals surface area contributed by atoms with Crippen LogP contribution in [0.3, 0.4) is 0 Å². The monoisotopic (exact) mass is 314 g/mol. The Hall–Kier alpha value is -2.30. The summed E-state index contributed by atoms with van der Waals surface area (Å²) in [5, 5.41) is 3.06. The van der Waals surface area contributed by atoms with Crippen LogP contribution in [0.1, 0.15) is 37.9 Å². The Balaban J connectivity index is 2.24. The maximum absolute atomic E-state index is 12.1. The highest BCUT2D eigenvalue weighted by Gasteiger charge is 2.48. The highest BCUT2D eigenvalue weighted by Crippen LogP contribution is 2.49. The molecular formula is C18H22N2O3. The number of carbonyl (C=O) groups excluding carboxylic acids is 1. The molecule has 1 amide bonds. The summed E-state index contributed by atoms with van der Waals surface area (Å²) < 4.78 is 4.87. The summed E-state index contributed by atoms with van der Waals surface area (Å²) >= 11 is 0. The second-order valence-electron chi connectivity index (χ2n) is 6.15. The molecule has 1 heterocycles. The minimum absolute atomic E-state index is 0.112. The number of alkyl carbamates (subject to hydrolysis) is 1. The zero-order valence-corrected chi connectivity index (χ0v) is 13.7. The van der Waals surface area contributed by atoms with Crippen molar-refractivity contribution >= 4 is 6.09 Å². The van der Waals surface area contributed by atoms with Crippen LogP contribution in [-0.2, 0) is 16.7 Å². The lowest BCUT2D eigenvalue weighted by Crippen LogP contribution is -2.53. The third kappa shape index (κ3) is 2.40. The van der Waals surface area contributed by atoms with Crippen LogP contribution in [-0.4, -0.2) is 18.2 Å². The number of aromatic nitrogens is 1. The van der Waals surface area contributed by atoms with Gasteiger partial charge < -0.3 is 15.0 Å². The summed E-state index contributed by atoms with van der Waals surface area (Å²) in [6.45, 7) is 4.12. The van der Waals surface area contributed by atoms with E-state index < -0.39 is 11.6 Å². The first-order valence-electron chi connectivity index (χ1n) is 7.99. The van der Waals surface area contributed by atoms with Gasteiger partial charge in [0.05, 0.1) is 12.6 Å². The number of hydrogen-bond donors (Lipinski definition) is 2. The molecule has 122 valence electrons. The van der Waals surface area contributed by atoms with E-state index in [1.807, 2.05) is 13.0 Å². The van der Waals surface area contributed by atoms with Gasteiger partial charge in [-0.3, -0.25) is 4.79 Å². The van der Waals surface area contributed by atoms with Gasteiger partial charge in [0.25, 0.3) is 0 Å². The zero-order chi connectivity index (χ0) is 16.6. The van der Waals surface area contributed by atoms with E-state index in [4.69, 9.17) is 4.74 Å². The minimum Gasteiger partial charge on any atom is -0.453 e. The van der Waals surface area contributed by atoms with Crippen molar-refractivity contribution in [1.29, 1.82) is 0 Å². The van der Waals surface area contributed by atoms with Gasteiger partial charge >= 0.3 is 6.09 Å². The van der Waals surface area contributed by atoms with Crippen molar-refractivity contribution in [2.24, 2.45) is 5.92 Å². The highest BCUT2D eigenvalue weighted by molar-refractivity contribution is 5.71. The molecule has 0 radical (unpaired) electrons. The molecule has 0 aromatic carbocycles. The van der Waals surface area contributed by atoms with Crippen LogP contribution in [0, 0.1) is 5.92 Å². The molecule has 23 heavy (non-hydrogen) atoms. The highest BCUT2D eigenvalue weighted by atomic mass is 16.5. The van der Waals surface area contributed by atoms with Gasteiger partial charge in [0, 0.05) is 23.2 Å². The van der Waals surface area contributed by atoms with Crippen LogP contribution < -0.4 is 10.9 Å². The van der Waals surface area contributed by atoms with Gasteiger partial charge in [-0.15, -0.1) is 0 Å². The smallest absolute Gasteiger partial charge is 0.407 e. The summed E-state index contributed by atoms with van der Waals surface area (Å²) in [6.07, 6.45) is 6.29. The van der Waals surface area contributed by atoms with Gasteiger partial charge in [-0.25, -0.2) is 4.79 Å². The van der Waals surface area contributed by atoms with Gasteiger partial charge in [-0.1, -0.05) is 24.6 Å². The van der Waals surface area contributed by atoms with Crippen molar-refractivity contribution in [1.82, 2.24) is 10.3 Å². The topological polar surface area (TPSA) is 71.2 Å². The molecule has 2 unspecified atom stereocenters. The van der Waals surface area contributed by atoms with Crippen LogP contribution >= 0.6 is 0 Å². The average Bonchev–Trinajstić information content (AvgIpc) is 2.53. The van der Waals surface area contributed by atoms with E-state index in [0.29, 0.717) is 6.42 Å². The molecule has 2 aliphatic carbocycles. The molecule has 5 heteroatoms. The van der Waals surface area contributed by atoms with Crippen molar-refractivity contribution in [3.8, 4) is 0 Å². The summed E-state index contributed by atoms with van der Waals surface area (Å²) in [5.41, 5.74) is 3.60. The van der Waals surface area contributed by atoms with E-state index in [-0.39, 0.29) is 11.5 Å². The number of hydrogen-bond acceptors (Lipinski definition) is 3. The van der Waals surface area contributed by atoms with Gasteiger partial charge in [-0.05, 0) is 37.8 Å². The lowest BCUT2D eigenvalue weighted by atomic mass is 9.62. The maximum Gasteiger partial charge on any atom is 0.407 e. The van der Waals surface area contributed by atoms with Crippen molar-refractivity contribution in [3.05, 3.63) is 57.0 Å². The third-order valence-corrected chi connectivity index (χ3v) is 4.97. The normalized spacial score (nSPS) is 27.2. The molecule has 2 N–H and O–H groups in total. The first kappa shape index (κ1) is 15.6. The Kier molecular flexibility index (Phi) is 3.88. The fourth-order valence-electron chi connectivity index (χ4n) is 4.02. The second-order valence-corrected chi connectivity index (χ2v) is 6.15. The van der Waals surface area contributed by atoms with E-state index in [0.717, 1.165) is 24.1 Å². The first-order valence-corrected chi connectivity index (χ1v) is 7.99. The lowest BCUT2D eigenvalue weighted by Gasteiger charge is -2.47. The SMILES string of the molecule is C/C=C1\C2C=C(CC)CC1(NC(=O)OC)c1ccc(=O)[nH]c1C2. The molecule has 0 spiro atoms. The predicted molar refractivity (Wildman–Crippen MR) is 88.2 cm³/mol. The number of ether oxygens (including phenoxy) is 1. The van der Waals surface area contributed by atoms with E-state index in [2.05, 4.69) is 29.4 Å². The lowest BCUT2D eigenvalue weighted by molar-refractivity contribution is 0.155. The number of methoxy groups -OCH3 is 1. The summed E-state index contributed by atoms with van der Waals surface area (Å²) in [5.74, 6) is 0.186. The summed E-state index contributed by atoms with van der Waals surface area (Å²) in [6, 6.07) is 3.36. The fourth-order valence-corrected chi connectivity index (χ4v) is 4.02. The summed E-state index contributed by atoms with van der Waals surface area (Å²) in [4.78, 5) is 26.7. The second kappa shape index (κ2) is 5.72. The number of aromatic amines is 1. The molecule has 3 rings (SSSR count). The maximum atomic E-state index is 12.1. The zero-order valence-electron chi connectivity index (χ0n) is 13.7. The quantitative estimate of drug-likeness (QED) is 0.825. The molecule has 5 nitrogen and oxygen atoms in total. The molecule has 2 bridgehead atoms. The largest absolute Gasteiger partial charge is 0.453 e. The summed E-state index contributed by atoms with van der Waals surface area (Å²) in [7, 11) is 1.37. The number of allylic oxidation sites excluding steroid dienone is 2. The van der Waals surface area contributed by atoms with E-state index in [1.54, 1.807) is 0 Å². The Bertz CT molecular complexity index is 760. The van der Waals surface area contributed by atoms with Gasteiger partial charge in [0.1, 0.15) is 0 Å². The van der Waals surface area contributed by atoms with Crippen molar-refractivity contribution in [2.75, 3.05) is 7.11 Å². The van der Waals surface area contributed by atoms with Crippen molar-refractivity contribution < 1.29 is 9.53 Å². The molecular weight excluding hydrogens is 292 g/mol. The van der Waals surface area contributed by atoms with Crippen LogP contribution in [0.2, 0.25) is 0 Å². The van der Waals surface area contributed by atoms with Gasteiger partial charge in [0.2, 0.25) is 5.56 Å². The van der Waals surface area contributed by atoms with E-state index >= 15 is 0 Å². The fraction of sp³-hybridized carbons (Fsp3) is 0.444. The molecule has 0 fully saturated rings. The average molecular weight is 314 g/mol. The number of fused-ring (bicyclic) bond motifs is 4. The van der Waals surface area contributed by atoms with Gasteiger partial charge in [0.15, 0.2) is 0 Å². The third-order valence-electron chi connectivity index (χ3n) is 4.97. The Morgan fingerprint density at radius 3 is 2.96 bits per heavy atom. The number of carbonyl (C=O) groups is 1. The van der Waals surface area contributed by atoms with E-state index in [1.165, 1.54) is 24.3 Å². The molecule has 1 aromatic heterocycles. The van der Waals surface area contributed by atoms with E-state index in [9.17, 15) is 9.59 Å². The van der Waals surface area contributed by atoms with Crippen LogP contribution in [0.5, 0.6) is 0 Å². The first-order chi connectivity index (χ1) is 11.0. The molecule has 0 saturated heterocycles. The van der Waals surface area contributed by atoms with Crippen LogP contribution in [0.4, 0.5) is 4.79 Å². The van der Waals surface area contributed by atoms with Crippen molar-refractivity contribution in [2.45, 2.75) is 38.6 Å². The van der Waals surface area contributed by atoms with Crippen LogP contribution in [0.25, 0.3) is 0 Å². The standard InChI is InChI=1S/C18H22N2O3/c1-4-11-8-12-9-15-14(6-7-16(21)19-15)18(10-11,13(12)5-2)20-17(22)23-3/h5-8,12H,4,9-10H2,1-3H3,(H,19,21)(H,20,22)/b13-5+. The number of H-pyrrole nitrogens is 1. The number of rotatable bonds is 2. The Labute approximate surface area is 135 Å². The van der Waals surface area contributed by atoms with Crippen molar-refractivity contribution in [3.63, 3.8) is 0 Å². The van der Waals surface area contributed by atoms with Gasteiger partial charge in [-0.2, -0.15) is 0 Å². The Morgan fingerprint density at radius 2 is 2.30 bits per heavy atom. The predicted octanol–water partition coefficient (Wildman–Crippen LogP) is 2.78. The molecule has 0 saturated carbocycles. The van der Waals surface area contributed by atoms with Crippen LogP contribution in [0.15, 0.2) is 40.2 Å². The Morgan fingerprint density at radius 1 is 1.52 bits per heavy atom. The molecule has 2 aliphatic rings. The molecule has 0 aliphatic heterocycles. The molecule has 1 aromatic rings. The minimum atomic E-state index is -0.635. The number of nitrogens with one attached hydrogen (secondary N) is 2.